The van der Waals surface area contributed by atoms with Crippen LogP contribution in [0.2, 0.25) is 0 Å². The molecule has 18 nitrogen and oxygen atoms in total. The number of benzene rings is 3. The van der Waals surface area contributed by atoms with Gasteiger partial charge in [0.25, 0.3) is 5.91 Å². The summed E-state index contributed by atoms with van der Waals surface area (Å²) in [5.74, 6) is -2.52. The van der Waals surface area contributed by atoms with Crippen LogP contribution in [0, 0.1) is 35.5 Å². The van der Waals surface area contributed by atoms with Crippen molar-refractivity contribution < 1.29 is 47.5 Å². The summed E-state index contributed by atoms with van der Waals surface area (Å²) < 4.78 is 36.2. The van der Waals surface area contributed by atoms with Crippen molar-refractivity contribution in [1.82, 2.24) is 39.4 Å². The fourth-order valence-electron chi connectivity index (χ4n) is 13.5. The first-order chi connectivity index (χ1) is 40.6. The van der Waals surface area contributed by atoms with Gasteiger partial charge >= 0.3 is 11.9 Å². The molecule has 0 radical (unpaired) electrons. The summed E-state index contributed by atoms with van der Waals surface area (Å²) in [6, 6.07) is 19.7. The molecule has 2 N–H and O–H groups in total. The number of pyridine rings is 1. The van der Waals surface area contributed by atoms with E-state index in [0.29, 0.717) is 61.6 Å². The van der Waals surface area contributed by atoms with E-state index in [2.05, 4.69) is 54.3 Å². The fraction of sp³-hybridized carbons (Fsp3) is 0.530. The van der Waals surface area contributed by atoms with Crippen molar-refractivity contribution in [3.8, 4) is 28.1 Å². The molecule has 5 aliphatic heterocycles. The average Bonchev–Trinajstić information content (AvgIpc) is 1.69. The monoisotopic (exact) mass is 1180 g/mol. The van der Waals surface area contributed by atoms with Crippen molar-refractivity contribution >= 4 is 57.8 Å². The third-order valence-electron chi connectivity index (χ3n) is 18.4. The third kappa shape index (κ3) is 11.9. The lowest BCUT2D eigenvalue weighted by atomic mass is 9.84. The summed E-state index contributed by atoms with van der Waals surface area (Å²) in [5, 5.41) is 5.51. The summed E-state index contributed by atoms with van der Waals surface area (Å²) in [6.45, 7) is 19.3. The lowest BCUT2D eigenvalue weighted by molar-refractivity contribution is -0.155. The van der Waals surface area contributed by atoms with Crippen molar-refractivity contribution in [2.75, 3.05) is 39.9 Å². The Morgan fingerprint density at radius 3 is 2.39 bits per heavy atom. The minimum Gasteiger partial charge on any atom is -0.593 e. The van der Waals surface area contributed by atoms with E-state index in [9.17, 15) is 18.9 Å². The maximum absolute atomic E-state index is 15.3. The Balaban J connectivity index is 0.924. The molecule has 85 heavy (non-hydrogen) atoms. The Labute approximate surface area is 501 Å². The SMILES string of the molecule is CCn1c(-c2cccnc2[C@H](C)OC)c2c3cc(ccc31)-c1cc(cc(OC(=O)C(C)C)c1)C[C@H](NC(=O)[C@H](C(C)C)N1CC[C@]3(CCN(C(=O)[C@H]4[C@@H](C5CC5)N4[S+]([O-])c4ccc(C)cc4)C3)C1=O)C(=O)N1CCC[C@H](N1)C(=O)OCC(C)(C)C2. The molecular weight excluding hydrogens is 1100 g/mol. The molecule has 6 bridgehead atoms. The van der Waals surface area contributed by atoms with Gasteiger partial charge in [0.05, 0.1) is 52.8 Å². The number of fused-ring (bicyclic) bond motifs is 6. The molecule has 2 aromatic heterocycles. The van der Waals surface area contributed by atoms with Gasteiger partial charge in [-0.2, -0.15) is 0 Å². The number of cyclic esters (lactones) is 1. The van der Waals surface area contributed by atoms with Crippen molar-refractivity contribution in [2.45, 2.75) is 161 Å². The van der Waals surface area contributed by atoms with Gasteiger partial charge in [-0.3, -0.25) is 38.8 Å². The van der Waals surface area contributed by atoms with Gasteiger partial charge in [-0.05, 0) is 148 Å². The highest BCUT2D eigenvalue weighted by atomic mass is 32.2. The van der Waals surface area contributed by atoms with Crippen LogP contribution in [0.15, 0.2) is 83.9 Å². The number of hydrogen-bond donors (Lipinski definition) is 2. The molecular formula is C66H82N8O10S. The number of ether oxygens (including phenoxy) is 3. The Bertz CT molecular complexity index is 3410. The molecule has 4 saturated heterocycles. The molecule has 11 rings (SSSR count). The largest absolute Gasteiger partial charge is 0.593 e. The summed E-state index contributed by atoms with van der Waals surface area (Å²) in [4.78, 5) is 96.6. The molecule has 3 aromatic carbocycles. The minimum absolute atomic E-state index is 0.0496. The zero-order valence-electron chi connectivity index (χ0n) is 50.8. The van der Waals surface area contributed by atoms with Crippen LogP contribution >= 0.6 is 0 Å². The number of carbonyl (C=O) groups is 6. The van der Waals surface area contributed by atoms with E-state index in [4.69, 9.17) is 19.2 Å². The predicted octanol–water partition coefficient (Wildman–Crippen LogP) is 8.28. The van der Waals surface area contributed by atoms with Gasteiger partial charge in [0, 0.05) is 74.3 Å². The van der Waals surface area contributed by atoms with E-state index >= 15 is 14.4 Å². The van der Waals surface area contributed by atoms with E-state index in [0.717, 1.165) is 62.9 Å². The number of nitrogens with zero attached hydrogens (tertiary/aromatic N) is 6. The Hall–Kier alpha value is -6.64. The zero-order valence-corrected chi connectivity index (χ0v) is 51.6. The maximum Gasteiger partial charge on any atom is 0.324 e. The van der Waals surface area contributed by atoms with Crippen molar-refractivity contribution in [2.24, 2.45) is 28.6 Å². The van der Waals surface area contributed by atoms with Crippen molar-refractivity contribution in [3.63, 3.8) is 0 Å². The standard InChI is InChI=1S/C66H82N8O10S/c1-11-71-53-23-20-44-34-49(53)50(57(71)48-14-12-26-67-54(48)41(7)82-10)35-65(8,9)37-83-63(79)51-15-13-27-73(69-51)60(76)52(32-42-30-45(44)33-46(31-42)84-62(78)39(4)5)68-59(75)55(38(2)3)72-29-25-66(64(72)80)24-28-70(36-66)61(77)58-56(43-18-19-43)74(58)85(81)47-21-16-40(6)17-22-47/h12,14,16-17,20-23,26,30-31,33-34,38-39,41,43,51-52,55-56,58,69H,11,13,15,18-19,24-25,27-29,32,35-37H2,1-10H3,(H,68,75)/t41-,51-,52-,55-,56+,58+,66-,74?,85?/m0/s1. The Kier molecular flexibility index (Phi) is 16.9. The van der Waals surface area contributed by atoms with Gasteiger partial charge in [-0.1, -0.05) is 71.4 Å². The summed E-state index contributed by atoms with van der Waals surface area (Å²) in [7, 11) is 1.67. The molecule has 1 saturated carbocycles. The van der Waals surface area contributed by atoms with Crippen LogP contribution in [-0.4, -0.2) is 139 Å². The molecule has 6 aliphatic rings. The van der Waals surface area contributed by atoms with E-state index in [1.807, 2.05) is 80.5 Å². The van der Waals surface area contributed by atoms with Crippen LogP contribution in [0.5, 0.6) is 5.75 Å². The topological polar surface area (TPSA) is 208 Å². The Morgan fingerprint density at radius 1 is 0.929 bits per heavy atom. The molecule has 7 heterocycles. The van der Waals surface area contributed by atoms with Crippen LogP contribution in [0.4, 0.5) is 0 Å². The van der Waals surface area contributed by atoms with Crippen LogP contribution in [0.3, 0.4) is 0 Å². The number of aromatic nitrogens is 2. The third-order valence-corrected chi connectivity index (χ3v) is 19.9. The summed E-state index contributed by atoms with van der Waals surface area (Å²) in [5.41, 5.74) is 9.60. The molecule has 452 valence electrons. The first kappa shape index (κ1) is 60.1. The normalized spacial score (nSPS) is 25.3. The van der Waals surface area contributed by atoms with Crippen LogP contribution in [0.1, 0.15) is 122 Å². The first-order valence-corrected chi connectivity index (χ1v) is 31.6. The van der Waals surface area contributed by atoms with Gasteiger partial charge in [0.15, 0.2) is 10.9 Å². The van der Waals surface area contributed by atoms with Crippen molar-refractivity contribution in [1.29, 1.82) is 0 Å². The fourth-order valence-corrected chi connectivity index (χ4v) is 15.0. The predicted molar refractivity (Wildman–Crippen MR) is 322 cm³/mol. The quantitative estimate of drug-likeness (QED) is 0.0465. The summed E-state index contributed by atoms with van der Waals surface area (Å²) in [6.07, 6.45) is 5.66. The molecule has 2 unspecified atom stereocenters. The number of rotatable bonds is 14. The number of nitrogens with one attached hydrogen (secondary N) is 2. The first-order valence-electron chi connectivity index (χ1n) is 30.5. The van der Waals surface area contributed by atoms with Crippen LogP contribution < -0.4 is 15.5 Å². The molecule has 1 aliphatic carbocycles. The van der Waals surface area contributed by atoms with Crippen LogP contribution in [0.25, 0.3) is 33.3 Å². The highest BCUT2D eigenvalue weighted by Crippen LogP contribution is 2.52. The Morgan fingerprint density at radius 2 is 1.68 bits per heavy atom. The second kappa shape index (κ2) is 23.9. The number of amides is 4. The van der Waals surface area contributed by atoms with Gasteiger partial charge < -0.3 is 38.4 Å². The summed E-state index contributed by atoms with van der Waals surface area (Å²) >= 11 is -1.50. The second-order valence-corrected chi connectivity index (χ2v) is 27.4. The molecule has 19 heteroatoms. The van der Waals surface area contributed by atoms with Crippen molar-refractivity contribution in [3.05, 3.63) is 101 Å². The van der Waals surface area contributed by atoms with Gasteiger partial charge in [0.2, 0.25) is 17.7 Å². The number of hydrazine groups is 1. The van der Waals surface area contributed by atoms with Gasteiger partial charge in [0.1, 0.15) is 23.9 Å². The number of hydrogen-bond acceptors (Lipinski definition) is 13. The molecule has 4 amide bonds. The molecule has 1 spiro atoms. The number of likely N-dealkylation sites (tertiary alicyclic amines) is 2. The molecule has 5 aromatic rings. The highest BCUT2D eigenvalue weighted by molar-refractivity contribution is 7.89. The maximum atomic E-state index is 15.3. The number of carbonyl (C=O) groups excluding carboxylic acids is 6. The zero-order chi connectivity index (χ0) is 60.4. The average molecular weight is 1180 g/mol. The van der Waals surface area contributed by atoms with E-state index < -0.39 is 76.0 Å². The van der Waals surface area contributed by atoms with Crippen LogP contribution in [-0.2, 0) is 69.0 Å². The lowest BCUT2D eigenvalue weighted by Gasteiger charge is -2.37. The number of aryl methyl sites for hydroxylation is 2. The molecule has 5 fully saturated rings. The van der Waals surface area contributed by atoms with E-state index in [1.54, 1.807) is 43.0 Å². The number of methoxy groups -OCH3 is 1. The smallest absolute Gasteiger partial charge is 0.324 e. The second-order valence-electron chi connectivity index (χ2n) is 26.0. The lowest BCUT2D eigenvalue weighted by Crippen LogP contribution is -2.62. The van der Waals surface area contributed by atoms with E-state index in [1.165, 1.54) is 5.01 Å². The van der Waals surface area contributed by atoms with E-state index in [-0.39, 0.29) is 68.3 Å². The minimum atomic E-state index is -1.50. The van der Waals surface area contributed by atoms with Gasteiger partial charge in [-0.25, -0.2) is 5.43 Å². The number of esters is 2. The highest BCUT2D eigenvalue weighted by Gasteiger charge is 2.68. The molecule has 9 atom stereocenters. The van der Waals surface area contributed by atoms with Gasteiger partial charge in [-0.15, -0.1) is 4.31 Å².